The molecular weight excluding hydrogens is 410 g/mol. The molecule has 160 valence electrons. The van der Waals surface area contributed by atoms with Gasteiger partial charge in [0.25, 0.3) is 0 Å². The summed E-state index contributed by atoms with van der Waals surface area (Å²) in [6, 6.07) is 1.87. The molecule has 1 amide bonds. The molecule has 1 saturated heterocycles. The zero-order chi connectivity index (χ0) is 21.3. The zero-order valence-corrected chi connectivity index (χ0v) is 17.6. The number of hydrogen-bond donors (Lipinski definition) is 1. The minimum Gasteiger partial charge on any atom is -0.474 e. The highest BCUT2D eigenvalue weighted by molar-refractivity contribution is 6.21. The maximum absolute atomic E-state index is 11.4. The first kappa shape index (κ1) is 20.5. The van der Waals surface area contributed by atoms with E-state index in [1.165, 1.54) is 11.3 Å². The van der Waals surface area contributed by atoms with E-state index in [9.17, 15) is 4.79 Å². The molecular formula is C19H24ClN7O3. The van der Waals surface area contributed by atoms with Gasteiger partial charge in [0.05, 0.1) is 31.0 Å². The lowest BCUT2D eigenvalue weighted by Crippen LogP contribution is -2.47. The van der Waals surface area contributed by atoms with Crippen molar-refractivity contribution in [2.45, 2.75) is 44.9 Å². The Bertz CT molecular complexity index is 908. The monoisotopic (exact) mass is 433 g/mol. The molecule has 0 aromatic carbocycles. The molecule has 2 N–H and O–H groups in total. The van der Waals surface area contributed by atoms with Gasteiger partial charge in [-0.15, -0.1) is 0 Å². The molecule has 1 atom stereocenters. The lowest BCUT2D eigenvalue weighted by Gasteiger charge is -2.38. The Balaban J connectivity index is 1.58. The molecule has 1 aliphatic heterocycles. The van der Waals surface area contributed by atoms with Crippen LogP contribution >= 0.6 is 11.8 Å². The number of hydrogen-bond acceptors (Lipinski definition) is 9. The van der Waals surface area contributed by atoms with Crippen LogP contribution in [0.25, 0.3) is 11.3 Å². The van der Waals surface area contributed by atoms with Crippen LogP contribution in [0.1, 0.15) is 26.7 Å². The lowest BCUT2D eigenvalue weighted by molar-refractivity contribution is -0.128. The Hall–Kier alpha value is -2.72. The summed E-state index contributed by atoms with van der Waals surface area (Å²) in [5.41, 5.74) is 6.97. The Morgan fingerprint density at radius 1 is 1.33 bits per heavy atom. The van der Waals surface area contributed by atoms with Gasteiger partial charge in [-0.2, -0.15) is 4.98 Å². The van der Waals surface area contributed by atoms with E-state index in [0.717, 1.165) is 0 Å². The van der Waals surface area contributed by atoms with E-state index in [1.807, 2.05) is 0 Å². The van der Waals surface area contributed by atoms with Crippen LogP contribution in [-0.4, -0.2) is 68.2 Å². The number of carbonyl (C=O) groups excluding carboxylic acids is 1. The smallest absolute Gasteiger partial charge is 0.234 e. The summed E-state index contributed by atoms with van der Waals surface area (Å²) in [7, 11) is 0. The first-order chi connectivity index (χ1) is 14.4. The first-order valence-electron chi connectivity index (χ1n) is 9.84. The molecule has 0 spiro atoms. The summed E-state index contributed by atoms with van der Waals surface area (Å²) in [4.78, 5) is 31.0. The van der Waals surface area contributed by atoms with Crippen molar-refractivity contribution in [3.63, 3.8) is 0 Å². The van der Waals surface area contributed by atoms with Crippen LogP contribution in [0, 0.1) is 0 Å². The van der Waals surface area contributed by atoms with Crippen molar-refractivity contribution in [3.05, 3.63) is 18.5 Å². The van der Waals surface area contributed by atoms with Crippen LogP contribution in [0.15, 0.2) is 18.5 Å². The molecule has 1 aliphatic carbocycles. The third-order valence-electron chi connectivity index (χ3n) is 5.26. The maximum Gasteiger partial charge on any atom is 0.234 e. The third kappa shape index (κ3) is 4.39. The topological polar surface area (TPSA) is 120 Å². The van der Waals surface area contributed by atoms with Gasteiger partial charge in [0.15, 0.2) is 0 Å². The quantitative estimate of drug-likeness (QED) is 0.701. The molecule has 0 bridgehead atoms. The SMILES string of the molecule is CC(=O)N(Cl)[C@H]1C[C@H](Oc2cc(-c3cnc(N)nc3)nc(N3CCOC[C@@H]3C)n2)C1. The van der Waals surface area contributed by atoms with E-state index in [-0.39, 0.29) is 30.0 Å². The number of nitrogens with two attached hydrogens (primary N) is 1. The second-order valence-electron chi connectivity index (χ2n) is 7.53. The summed E-state index contributed by atoms with van der Waals surface area (Å²) in [6.07, 6.45) is 4.47. The normalized spacial score (nSPS) is 23.6. The van der Waals surface area contributed by atoms with Gasteiger partial charge in [-0.3, -0.25) is 9.21 Å². The number of anilines is 2. The van der Waals surface area contributed by atoms with E-state index in [1.54, 1.807) is 18.5 Å². The van der Waals surface area contributed by atoms with E-state index in [4.69, 9.17) is 32.0 Å². The van der Waals surface area contributed by atoms with Crippen molar-refractivity contribution in [3.8, 4) is 17.1 Å². The van der Waals surface area contributed by atoms with Gasteiger partial charge in [0.2, 0.25) is 23.7 Å². The summed E-state index contributed by atoms with van der Waals surface area (Å²) in [5.74, 6) is 1.05. The summed E-state index contributed by atoms with van der Waals surface area (Å²) in [5, 5.41) is 0. The van der Waals surface area contributed by atoms with Crippen LogP contribution in [0.3, 0.4) is 0 Å². The molecule has 11 heteroatoms. The number of rotatable bonds is 5. The van der Waals surface area contributed by atoms with Crippen LogP contribution in [-0.2, 0) is 9.53 Å². The van der Waals surface area contributed by atoms with Gasteiger partial charge in [-0.05, 0) is 6.92 Å². The predicted molar refractivity (Wildman–Crippen MR) is 111 cm³/mol. The highest BCUT2D eigenvalue weighted by Gasteiger charge is 2.36. The van der Waals surface area contributed by atoms with Gasteiger partial charge < -0.3 is 20.1 Å². The number of halogens is 1. The lowest BCUT2D eigenvalue weighted by atomic mass is 9.89. The molecule has 1 saturated carbocycles. The predicted octanol–water partition coefficient (Wildman–Crippen LogP) is 1.65. The van der Waals surface area contributed by atoms with Crippen LogP contribution in [0.4, 0.5) is 11.9 Å². The maximum atomic E-state index is 11.4. The van der Waals surface area contributed by atoms with Crippen molar-refractivity contribution in [2.24, 2.45) is 0 Å². The fraction of sp³-hybridized carbons (Fsp3) is 0.526. The minimum atomic E-state index is -0.170. The van der Waals surface area contributed by atoms with E-state index in [2.05, 4.69) is 26.8 Å². The van der Waals surface area contributed by atoms with Gasteiger partial charge in [0, 0.05) is 62.1 Å². The number of nitrogens with zero attached hydrogens (tertiary/aromatic N) is 6. The van der Waals surface area contributed by atoms with Crippen LogP contribution < -0.4 is 15.4 Å². The standard InChI is InChI=1S/C19H24ClN7O3/c1-11-10-29-4-3-26(11)19-24-16(13-8-22-18(21)23-9-13)7-17(25-19)30-15-5-14(6-15)27(20)12(2)28/h7-9,11,14-15H,3-6,10H2,1-2H3,(H2,21,22,23)/t11-,14-,15-/m0/s1. The van der Waals surface area contributed by atoms with Crippen molar-refractivity contribution in [1.82, 2.24) is 24.4 Å². The number of aromatic nitrogens is 4. The van der Waals surface area contributed by atoms with Crippen LogP contribution in [0.5, 0.6) is 5.88 Å². The number of morpholine rings is 1. The largest absolute Gasteiger partial charge is 0.474 e. The second-order valence-corrected chi connectivity index (χ2v) is 7.90. The molecule has 0 unspecified atom stereocenters. The fourth-order valence-electron chi connectivity index (χ4n) is 3.49. The number of carbonyl (C=O) groups is 1. The van der Waals surface area contributed by atoms with Crippen molar-refractivity contribution in [2.75, 3.05) is 30.4 Å². The average Bonchev–Trinajstić information content (AvgIpc) is 2.70. The van der Waals surface area contributed by atoms with Gasteiger partial charge in [-0.1, -0.05) is 0 Å². The Morgan fingerprint density at radius 2 is 2.07 bits per heavy atom. The molecule has 30 heavy (non-hydrogen) atoms. The molecule has 0 radical (unpaired) electrons. The molecule has 3 heterocycles. The minimum absolute atomic E-state index is 0.0280. The van der Waals surface area contributed by atoms with E-state index in [0.29, 0.717) is 55.7 Å². The average molecular weight is 434 g/mol. The van der Waals surface area contributed by atoms with Gasteiger partial charge >= 0.3 is 0 Å². The third-order valence-corrected chi connectivity index (χ3v) is 5.78. The highest BCUT2D eigenvalue weighted by Crippen LogP contribution is 2.32. The van der Waals surface area contributed by atoms with Gasteiger partial charge in [0.1, 0.15) is 6.10 Å². The summed E-state index contributed by atoms with van der Waals surface area (Å²) < 4.78 is 12.9. The van der Waals surface area contributed by atoms with Crippen molar-refractivity contribution in [1.29, 1.82) is 0 Å². The first-order valence-corrected chi connectivity index (χ1v) is 10.2. The fourth-order valence-corrected chi connectivity index (χ4v) is 3.65. The Labute approximate surface area is 179 Å². The molecule has 4 rings (SSSR count). The molecule has 2 fully saturated rings. The highest BCUT2D eigenvalue weighted by atomic mass is 35.5. The zero-order valence-electron chi connectivity index (χ0n) is 16.9. The van der Waals surface area contributed by atoms with E-state index < -0.39 is 0 Å². The molecule has 10 nitrogen and oxygen atoms in total. The number of ether oxygens (including phenoxy) is 2. The van der Waals surface area contributed by atoms with Crippen molar-refractivity contribution >= 4 is 29.6 Å². The van der Waals surface area contributed by atoms with Crippen LogP contribution in [0.2, 0.25) is 0 Å². The van der Waals surface area contributed by atoms with Gasteiger partial charge in [-0.25, -0.2) is 15.0 Å². The van der Waals surface area contributed by atoms with Crippen molar-refractivity contribution < 1.29 is 14.3 Å². The number of nitrogen functional groups attached to an aromatic ring is 1. The molecule has 2 aromatic heterocycles. The second kappa shape index (κ2) is 8.57. The summed E-state index contributed by atoms with van der Waals surface area (Å²) >= 11 is 6.01. The van der Waals surface area contributed by atoms with E-state index >= 15 is 0 Å². The summed E-state index contributed by atoms with van der Waals surface area (Å²) in [6.45, 7) is 5.42. The molecule has 2 aromatic rings. The Morgan fingerprint density at radius 3 is 2.73 bits per heavy atom. The Kier molecular flexibility index (Phi) is 5.87. The number of amides is 1. The molecule has 2 aliphatic rings.